The number of rotatable bonds is 22. The SMILES string of the molecule is CC(=O)NCC(=O)NC(CC1CCCCC1)C(=O)NC(CCCNC(=N)N)C(=O)N[C@H](CC1CCCCC1)C(=O)NC(CCCNC(=N)N)C(=O)O. The molecule has 0 aromatic carbocycles. The Kier molecular flexibility index (Phi) is 19.9. The molecule has 0 saturated heterocycles. The van der Waals surface area contributed by atoms with E-state index >= 15 is 0 Å². The van der Waals surface area contributed by atoms with Gasteiger partial charge in [-0.2, -0.15) is 0 Å². The third-order valence-electron chi connectivity index (χ3n) is 9.59. The van der Waals surface area contributed by atoms with E-state index in [-0.39, 0.29) is 62.7 Å². The van der Waals surface area contributed by atoms with Gasteiger partial charge >= 0.3 is 5.97 Å². The van der Waals surface area contributed by atoms with Crippen molar-refractivity contribution in [2.45, 2.75) is 134 Å². The molecule has 0 aliphatic heterocycles. The van der Waals surface area contributed by atoms with Crippen LogP contribution in [0.25, 0.3) is 0 Å². The van der Waals surface area contributed by atoms with Gasteiger partial charge in [-0.25, -0.2) is 4.79 Å². The number of carbonyl (C=O) groups excluding carboxylic acids is 5. The molecule has 0 aromatic rings. The lowest BCUT2D eigenvalue weighted by atomic mass is 9.84. The molecule has 2 saturated carbocycles. The molecular weight excluding hydrogens is 674 g/mol. The molecule has 0 spiro atoms. The maximum absolute atomic E-state index is 14.0. The first-order chi connectivity index (χ1) is 24.7. The molecule has 0 radical (unpaired) electrons. The van der Waals surface area contributed by atoms with Crippen LogP contribution < -0.4 is 48.7 Å². The van der Waals surface area contributed by atoms with Crippen LogP contribution in [0, 0.1) is 22.7 Å². The Labute approximate surface area is 305 Å². The summed E-state index contributed by atoms with van der Waals surface area (Å²) in [5.74, 6) is -4.28. The number of carboxylic acid groups (broad SMARTS) is 1. The summed E-state index contributed by atoms with van der Waals surface area (Å²) in [4.78, 5) is 77.7. The van der Waals surface area contributed by atoms with E-state index in [1.165, 1.54) is 6.92 Å². The number of nitrogens with two attached hydrogens (primary N) is 2. The molecule has 2 rings (SSSR count). The highest BCUT2D eigenvalue weighted by molar-refractivity contribution is 5.95. The maximum atomic E-state index is 14.0. The Bertz CT molecular complexity index is 1220. The average molecular weight is 736 g/mol. The Morgan fingerprint density at radius 1 is 0.615 bits per heavy atom. The molecule has 294 valence electrons. The molecule has 2 aliphatic rings. The third-order valence-corrected chi connectivity index (χ3v) is 9.59. The minimum atomic E-state index is -1.25. The van der Waals surface area contributed by atoms with Gasteiger partial charge in [-0.3, -0.25) is 34.8 Å². The first-order valence-corrected chi connectivity index (χ1v) is 18.6. The van der Waals surface area contributed by atoms with E-state index in [1.54, 1.807) is 0 Å². The third kappa shape index (κ3) is 18.0. The standard InChI is InChI=1S/C34H61N11O7/c1-21(46)41-20-28(47)42-26(18-22-10-4-2-5-11-22)30(49)43-24(14-8-16-39-33(35)36)29(48)45-27(19-23-12-6-3-7-13-23)31(50)44-25(32(51)52)15-9-17-40-34(37)38/h22-27H,2-20H2,1H3,(H,41,46)(H,42,47)(H,43,49)(H,44,50)(H,45,48)(H,51,52)(H4,35,36,39)(H4,37,38,40)/t24?,25?,26?,27-/m1/s1. The Morgan fingerprint density at radius 3 is 1.46 bits per heavy atom. The number of nitrogens with one attached hydrogen (secondary N) is 9. The molecular formula is C34H61N11O7. The predicted octanol–water partition coefficient (Wildman–Crippen LogP) is -0.386. The van der Waals surface area contributed by atoms with Gasteiger partial charge in [-0.15, -0.1) is 0 Å². The van der Waals surface area contributed by atoms with Gasteiger partial charge in [-0.05, 0) is 50.4 Å². The zero-order valence-corrected chi connectivity index (χ0v) is 30.5. The van der Waals surface area contributed by atoms with E-state index < -0.39 is 59.7 Å². The second-order valence-electron chi connectivity index (χ2n) is 14.0. The molecule has 0 heterocycles. The van der Waals surface area contributed by atoms with Crippen LogP contribution in [0.3, 0.4) is 0 Å². The Balaban J connectivity index is 2.28. The van der Waals surface area contributed by atoms with Gasteiger partial charge < -0.3 is 53.8 Å². The van der Waals surface area contributed by atoms with E-state index in [1.807, 2.05) is 0 Å². The Morgan fingerprint density at radius 2 is 1.02 bits per heavy atom. The molecule has 52 heavy (non-hydrogen) atoms. The van der Waals surface area contributed by atoms with Gasteiger partial charge in [0.05, 0.1) is 6.54 Å². The minimum Gasteiger partial charge on any atom is -0.480 e. The first kappa shape index (κ1) is 43.5. The molecule has 0 aromatic heterocycles. The first-order valence-electron chi connectivity index (χ1n) is 18.6. The lowest BCUT2D eigenvalue weighted by Crippen LogP contribution is -2.58. The van der Waals surface area contributed by atoms with Gasteiger partial charge in [0.25, 0.3) is 0 Å². The van der Waals surface area contributed by atoms with Crippen molar-refractivity contribution in [1.29, 1.82) is 10.8 Å². The van der Waals surface area contributed by atoms with Crippen LogP contribution in [0.15, 0.2) is 0 Å². The number of amides is 5. The van der Waals surface area contributed by atoms with E-state index in [0.717, 1.165) is 64.2 Å². The molecule has 5 amide bonds. The maximum Gasteiger partial charge on any atom is 0.326 e. The van der Waals surface area contributed by atoms with Gasteiger partial charge in [0.2, 0.25) is 29.5 Å². The average Bonchev–Trinajstić information content (AvgIpc) is 3.09. The van der Waals surface area contributed by atoms with Crippen molar-refractivity contribution in [2.24, 2.45) is 23.3 Å². The number of guanidine groups is 2. The summed E-state index contributed by atoms with van der Waals surface area (Å²) < 4.78 is 0. The Hall–Kier alpha value is -4.64. The number of hydrogen-bond acceptors (Lipinski definition) is 8. The minimum absolute atomic E-state index is 0.0588. The van der Waals surface area contributed by atoms with Crippen LogP contribution in [0.5, 0.6) is 0 Å². The zero-order valence-electron chi connectivity index (χ0n) is 30.5. The normalized spacial score (nSPS) is 17.2. The van der Waals surface area contributed by atoms with Gasteiger partial charge in [-0.1, -0.05) is 64.2 Å². The van der Waals surface area contributed by atoms with E-state index in [2.05, 4.69) is 37.2 Å². The van der Waals surface area contributed by atoms with Crippen molar-refractivity contribution in [3.05, 3.63) is 0 Å². The highest BCUT2D eigenvalue weighted by Gasteiger charge is 2.33. The summed E-state index contributed by atoms with van der Waals surface area (Å²) in [6.07, 6.45) is 11.1. The van der Waals surface area contributed by atoms with E-state index in [4.69, 9.17) is 22.3 Å². The van der Waals surface area contributed by atoms with Gasteiger partial charge in [0, 0.05) is 20.0 Å². The zero-order chi connectivity index (χ0) is 38.5. The fourth-order valence-corrected chi connectivity index (χ4v) is 6.83. The number of carboxylic acids is 1. The summed E-state index contributed by atoms with van der Waals surface area (Å²) >= 11 is 0. The van der Waals surface area contributed by atoms with Gasteiger partial charge in [0.1, 0.15) is 24.2 Å². The van der Waals surface area contributed by atoms with Crippen molar-refractivity contribution in [1.82, 2.24) is 37.2 Å². The van der Waals surface area contributed by atoms with E-state index in [9.17, 15) is 33.9 Å². The van der Waals surface area contributed by atoms with E-state index in [0.29, 0.717) is 19.3 Å². The summed E-state index contributed by atoms with van der Waals surface area (Å²) in [6.45, 7) is 1.44. The highest BCUT2D eigenvalue weighted by Crippen LogP contribution is 2.28. The number of aliphatic carboxylic acids is 1. The fraction of sp³-hybridized carbons (Fsp3) is 0.765. The van der Waals surface area contributed by atoms with Crippen molar-refractivity contribution >= 4 is 47.4 Å². The molecule has 18 nitrogen and oxygen atoms in total. The molecule has 3 unspecified atom stereocenters. The summed E-state index contributed by atoms with van der Waals surface area (Å²) in [6, 6.07) is -4.46. The predicted molar refractivity (Wildman–Crippen MR) is 195 cm³/mol. The van der Waals surface area contributed by atoms with Gasteiger partial charge in [0.15, 0.2) is 11.9 Å². The van der Waals surface area contributed by atoms with Crippen LogP contribution in [-0.4, -0.2) is 96.3 Å². The van der Waals surface area contributed by atoms with Crippen molar-refractivity contribution < 1.29 is 33.9 Å². The molecule has 0 bridgehead atoms. The monoisotopic (exact) mass is 735 g/mol. The van der Waals surface area contributed by atoms with Crippen LogP contribution in [-0.2, 0) is 28.8 Å². The van der Waals surface area contributed by atoms with Crippen LogP contribution >= 0.6 is 0 Å². The summed E-state index contributed by atoms with van der Waals surface area (Å²) in [7, 11) is 0. The van der Waals surface area contributed by atoms with Crippen molar-refractivity contribution in [3.8, 4) is 0 Å². The topological polar surface area (TPSA) is 307 Å². The summed E-state index contributed by atoms with van der Waals surface area (Å²) in [5, 5.41) is 43.2. The molecule has 2 aliphatic carbocycles. The van der Waals surface area contributed by atoms with Crippen molar-refractivity contribution in [3.63, 3.8) is 0 Å². The van der Waals surface area contributed by atoms with Crippen molar-refractivity contribution in [2.75, 3.05) is 19.6 Å². The highest BCUT2D eigenvalue weighted by atomic mass is 16.4. The second kappa shape index (κ2) is 23.8. The van der Waals surface area contributed by atoms with Crippen LogP contribution in [0.2, 0.25) is 0 Å². The fourth-order valence-electron chi connectivity index (χ4n) is 6.83. The summed E-state index contributed by atoms with van der Waals surface area (Å²) in [5.41, 5.74) is 10.7. The van der Waals surface area contributed by atoms with Crippen LogP contribution in [0.1, 0.15) is 110 Å². The molecule has 2 fully saturated rings. The smallest absolute Gasteiger partial charge is 0.326 e. The molecule has 4 atom stereocenters. The quantitative estimate of drug-likeness (QED) is 0.0386. The lowest BCUT2D eigenvalue weighted by molar-refractivity contribution is -0.142. The number of carbonyl (C=O) groups is 6. The largest absolute Gasteiger partial charge is 0.480 e. The number of hydrogen-bond donors (Lipinski definition) is 12. The molecule has 18 heteroatoms. The molecule has 14 N–H and O–H groups in total. The van der Waals surface area contributed by atoms with Crippen LogP contribution in [0.4, 0.5) is 0 Å². The lowest BCUT2D eigenvalue weighted by Gasteiger charge is -2.30. The second-order valence-corrected chi connectivity index (χ2v) is 14.0.